The molecule has 0 saturated carbocycles. The zero-order valence-electron chi connectivity index (χ0n) is 16.1. The summed E-state index contributed by atoms with van der Waals surface area (Å²) in [5, 5.41) is 4.46. The quantitative estimate of drug-likeness (QED) is 0.769. The molecule has 0 atom stereocenters. The molecule has 0 radical (unpaired) electrons. The topological polar surface area (TPSA) is 75.5 Å². The number of sulfone groups is 1. The number of aryl methyl sites for hydroxylation is 2. The van der Waals surface area contributed by atoms with Gasteiger partial charge in [-0.05, 0) is 44.2 Å². The van der Waals surface area contributed by atoms with Crippen LogP contribution < -0.4 is 0 Å². The third-order valence-electron chi connectivity index (χ3n) is 4.81. The SMILES string of the molecule is Cc1cc(C)n(-c2ccc(C(=O)N3CCN(CCS(C)(=O)=O)CC3)cc2)n1. The van der Waals surface area contributed by atoms with Crippen molar-refractivity contribution < 1.29 is 13.2 Å². The summed E-state index contributed by atoms with van der Waals surface area (Å²) in [6, 6.07) is 9.51. The maximum atomic E-state index is 12.7. The fraction of sp³-hybridized carbons (Fsp3) is 0.474. The maximum absolute atomic E-state index is 12.7. The predicted octanol–water partition coefficient (Wildman–Crippen LogP) is 1.29. The van der Waals surface area contributed by atoms with Crippen molar-refractivity contribution >= 4 is 15.7 Å². The van der Waals surface area contributed by atoms with E-state index in [9.17, 15) is 13.2 Å². The van der Waals surface area contributed by atoms with Crippen LogP contribution in [0.25, 0.3) is 5.69 Å². The number of hydrogen-bond donors (Lipinski definition) is 0. The Morgan fingerprint density at radius 3 is 2.22 bits per heavy atom. The molecule has 7 nitrogen and oxygen atoms in total. The molecular weight excluding hydrogens is 364 g/mol. The van der Waals surface area contributed by atoms with E-state index in [2.05, 4.69) is 10.00 Å². The molecule has 1 aliphatic heterocycles. The number of hydrogen-bond acceptors (Lipinski definition) is 5. The largest absolute Gasteiger partial charge is 0.336 e. The van der Waals surface area contributed by atoms with Crippen molar-refractivity contribution in [2.24, 2.45) is 0 Å². The lowest BCUT2D eigenvalue weighted by molar-refractivity contribution is 0.0644. The van der Waals surface area contributed by atoms with Gasteiger partial charge in [0.05, 0.1) is 17.1 Å². The molecule has 2 aromatic rings. The van der Waals surface area contributed by atoms with Crippen LogP contribution in [0.1, 0.15) is 21.7 Å². The van der Waals surface area contributed by atoms with E-state index in [0.717, 1.165) is 17.1 Å². The fourth-order valence-corrected chi connectivity index (χ4v) is 3.88. The van der Waals surface area contributed by atoms with Crippen molar-refractivity contribution in [1.82, 2.24) is 19.6 Å². The number of carbonyl (C=O) groups is 1. The minimum absolute atomic E-state index is 0.0117. The Morgan fingerprint density at radius 2 is 1.70 bits per heavy atom. The summed E-state index contributed by atoms with van der Waals surface area (Å²) in [5.41, 5.74) is 3.60. The van der Waals surface area contributed by atoms with Crippen molar-refractivity contribution in [1.29, 1.82) is 0 Å². The van der Waals surface area contributed by atoms with Gasteiger partial charge in [-0.25, -0.2) is 13.1 Å². The van der Waals surface area contributed by atoms with Gasteiger partial charge in [0.25, 0.3) is 5.91 Å². The van der Waals surface area contributed by atoms with Gasteiger partial charge >= 0.3 is 0 Å². The number of piperazine rings is 1. The monoisotopic (exact) mass is 390 g/mol. The van der Waals surface area contributed by atoms with Gasteiger partial charge in [0.2, 0.25) is 0 Å². The van der Waals surface area contributed by atoms with Gasteiger partial charge in [-0.1, -0.05) is 0 Å². The highest BCUT2D eigenvalue weighted by Crippen LogP contribution is 2.15. The lowest BCUT2D eigenvalue weighted by Crippen LogP contribution is -2.49. The average Bonchev–Trinajstić information content (AvgIpc) is 2.97. The minimum Gasteiger partial charge on any atom is -0.336 e. The Labute approximate surface area is 160 Å². The third kappa shape index (κ3) is 4.95. The normalized spacial score (nSPS) is 15.9. The zero-order chi connectivity index (χ0) is 19.6. The molecule has 1 aromatic heterocycles. The molecule has 0 bridgehead atoms. The summed E-state index contributed by atoms with van der Waals surface area (Å²) in [5.74, 6) is 0.173. The van der Waals surface area contributed by atoms with Crippen molar-refractivity contribution in [3.05, 3.63) is 47.3 Å². The summed E-state index contributed by atoms with van der Waals surface area (Å²) in [6.45, 7) is 7.11. The molecule has 0 unspecified atom stereocenters. The number of aromatic nitrogens is 2. The Morgan fingerprint density at radius 1 is 1.07 bits per heavy atom. The molecule has 0 spiro atoms. The van der Waals surface area contributed by atoms with Crippen molar-refractivity contribution in [3.8, 4) is 5.69 Å². The molecule has 1 fully saturated rings. The first-order valence-electron chi connectivity index (χ1n) is 9.06. The molecule has 0 aliphatic carbocycles. The van der Waals surface area contributed by atoms with Crippen LogP contribution in [0.4, 0.5) is 0 Å². The zero-order valence-corrected chi connectivity index (χ0v) is 16.9. The van der Waals surface area contributed by atoms with Gasteiger partial charge in [0.1, 0.15) is 9.84 Å². The van der Waals surface area contributed by atoms with E-state index in [1.807, 2.05) is 53.8 Å². The highest BCUT2D eigenvalue weighted by atomic mass is 32.2. The molecule has 27 heavy (non-hydrogen) atoms. The first-order valence-corrected chi connectivity index (χ1v) is 11.1. The summed E-state index contributed by atoms with van der Waals surface area (Å²) in [6.07, 6.45) is 1.25. The molecule has 1 saturated heterocycles. The minimum atomic E-state index is -2.95. The van der Waals surface area contributed by atoms with Crippen LogP contribution >= 0.6 is 0 Å². The highest BCUT2D eigenvalue weighted by Gasteiger charge is 2.22. The molecule has 1 amide bonds. The molecule has 8 heteroatoms. The maximum Gasteiger partial charge on any atom is 0.253 e. The van der Waals surface area contributed by atoms with Crippen LogP contribution in [0.15, 0.2) is 30.3 Å². The number of rotatable bonds is 5. The summed E-state index contributed by atoms with van der Waals surface area (Å²) >= 11 is 0. The van der Waals surface area contributed by atoms with E-state index in [0.29, 0.717) is 38.3 Å². The lowest BCUT2D eigenvalue weighted by Gasteiger charge is -2.34. The smallest absolute Gasteiger partial charge is 0.253 e. The number of carbonyl (C=O) groups excluding carboxylic acids is 1. The van der Waals surface area contributed by atoms with Crippen LogP contribution in [0, 0.1) is 13.8 Å². The lowest BCUT2D eigenvalue weighted by atomic mass is 10.1. The van der Waals surface area contributed by atoms with Crippen LogP contribution in [-0.2, 0) is 9.84 Å². The number of nitrogens with zero attached hydrogens (tertiary/aromatic N) is 4. The van der Waals surface area contributed by atoms with E-state index in [1.54, 1.807) is 0 Å². The summed E-state index contributed by atoms with van der Waals surface area (Å²) in [4.78, 5) is 16.7. The standard InChI is InChI=1S/C19H26N4O3S/c1-15-14-16(2)23(20-15)18-6-4-17(5-7-18)19(24)22-10-8-21(9-11-22)12-13-27(3,25)26/h4-7,14H,8-13H2,1-3H3. The van der Waals surface area contributed by atoms with Gasteiger partial charge in [0.15, 0.2) is 0 Å². The first-order chi connectivity index (χ1) is 12.7. The van der Waals surface area contributed by atoms with Crippen LogP contribution in [0.2, 0.25) is 0 Å². The predicted molar refractivity (Wildman–Crippen MR) is 105 cm³/mol. The highest BCUT2D eigenvalue weighted by molar-refractivity contribution is 7.90. The second-order valence-corrected chi connectivity index (χ2v) is 9.41. The second kappa shape index (κ2) is 7.82. The van der Waals surface area contributed by atoms with Crippen LogP contribution in [0.3, 0.4) is 0 Å². The molecule has 2 heterocycles. The van der Waals surface area contributed by atoms with E-state index < -0.39 is 9.84 Å². The van der Waals surface area contributed by atoms with Crippen LogP contribution in [0.5, 0.6) is 0 Å². The van der Waals surface area contributed by atoms with Gasteiger partial charge < -0.3 is 4.90 Å². The molecule has 0 N–H and O–H groups in total. The first kappa shape index (κ1) is 19.6. The number of amides is 1. The Balaban J connectivity index is 1.59. The van der Waals surface area contributed by atoms with E-state index in [1.165, 1.54) is 6.26 Å². The Bertz CT molecular complexity index is 911. The summed E-state index contributed by atoms with van der Waals surface area (Å²) in [7, 11) is -2.95. The van der Waals surface area contributed by atoms with E-state index >= 15 is 0 Å². The molecule has 1 aliphatic rings. The van der Waals surface area contributed by atoms with Crippen molar-refractivity contribution in [2.75, 3.05) is 44.7 Å². The van der Waals surface area contributed by atoms with Crippen molar-refractivity contribution in [3.63, 3.8) is 0 Å². The Kier molecular flexibility index (Phi) is 5.67. The van der Waals surface area contributed by atoms with Gasteiger partial charge in [-0.3, -0.25) is 9.69 Å². The number of benzene rings is 1. The van der Waals surface area contributed by atoms with Crippen molar-refractivity contribution in [2.45, 2.75) is 13.8 Å². The van der Waals surface area contributed by atoms with Gasteiger partial charge in [-0.2, -0.15) is 5.10 Å². The fourth-order valence-electron chi connectivity index (χ4n) is 3.29. The molecule has 3 rings (SSSR count). The van der Waals surface area contributed by atoms with Gasteiger partial charge in [-0.15, -0.1) is 0 Å². The molecule has 1 aromatic carbocycles. The van der Waals surface area contributed by atoms with Crippen LogP contribution in [-0.4, -0.2) is 78.6 Å². The van der Waals surface area contributed by atoms with Gasteiger partial charge in [0, 0.05) is 50.2 Å². The molecular formula is C19H26N4O3S. The second-order valence-electron chi connectivity index (χ2n) is 7.15. The van der Waals surface area contributed by atoms with E-state index in [-0.39, 0.29) is 11.7 Å². The molecule has 146 valence electrons. The summed E-state index contributed by atoms with van der Waals surface area (Å²) < 4.78 is 24.4. The third-order valence-corrected chi connectivity index (χ3v) is 5.73. The van der Waals surface area contributed by atoms with E-state index in [4.69, 9.17) is 0 Å². The average molecular weight is 391 g/mol. The Hall–Kier alpha value is -2.19.